The van der Waals surface area contributed by atoms with E-state index in [0.717, 1.165) is 0 Å². The Kier molecular flexibility index (Phi) is 3.36. The zero-order valence-electron chi connectivity index (χ0n) is 5.60. The summed E-state index contributed by atoms with van der Waals surface area (Å²) in [7, 11) is 0. The van der Waals surface area contributed by atoms with E-state index in [0.29, 0.717) is 12.3 Å². The SMILES string of the molecule is Cl.O=[N+]([O-])c1ncc(F)cc1O. The second kappa shape index (κ2) is 3.82. The van der Waals surface area contributed by atoms with Crippen molar-refractivity contribution in [3.8, 4) is 5.75 Å². The fourth-order valence-corrected chi connectivity index (χ4v) is 0.562. The average molecular weight is 195 g/mol. The summed E-state index contributed by atoms with van der Waals surface area (Å²) in [4.78, 5) is 12.2. The predicted octanol–water partition coefficient (Wildman–Crippen LogP) is 1.26. The Labute approximate surface area is 72.4 Å². The minimum atomic E-state index is -0.894. The van der Waals surface area contributed by atoms with Gasteiger partial charge in [-0.15, -0.1) is 12.4 Å². The molecule has 0 aliphatic rings. The maximum Gasteiger partial charge on any atom is 0.406 e. The van der Waals surface area contributed by atoms with Crippen LogP contribution in [0.1, 0.15) is 0 Å². The van der Waals surface area contributed by atoms with Crippen molar-refractivity contribution in [2.45, 2.75) is 0 Å². The van der Waals surface area contributed by atoms with Gasteiger partial charge in [0.25, 0.3) is 0 Å². The third kappa shape index (κ3) is 2.03. The molecule has 1 aromatic rings. The molecule has 0 radical (unpaired) electrons. The van der Waals surface area contributed by atoms with Crippen LogP contribution in [0.5, 0.6) is 5.75 Å². The molecule has 0 amide bonds. The lowest BCUT2D eigenvalue weighted by Crippen LogP contribution is -1.92. The maximum atomic E-state index is 12.2. The lowest BCUT2D eigenvalue weighted by molar-refractivity contribution is -0.390. The van der Waals surface area contributed by atoms with E-state index in [1.165, 1.54) is 0 Å². The summed E-state index contributed by atoms with van der Waals surface area (Å²) >= 11 is 0. The fraction of sp³-hybridized carbons (Fsp3) is 0. The lowest BCUT2D eigenvalue weighted by atomic mass is 10.4. The summed E-state index contributed by atoms with van der Waals surface area (Å²) in [6.07, 6.45) is 0.665. The van der Waals surface area contributed by atoms with Gasteiger partial charge in [0.15, 0.2) is 12.0 Å². The molecular weight excluding hydrogens is 191 g/mol. The minimum absolute atomic E-state index is 0. The maximum absolute atomic E-state index is 12.2. The van der Waals surface area contributed by atoms with E-state index in [-0.39, 0.29) is 12.4 Å². The molecule has 5 nitrogen and oxygen atoms in total. The predicted molar refractivity (Wildman–Crippen MR) is 39.8 cm³/mol. The summed E-state index contributed by atoms with van der Waals surface area (Å²) in [5.74, 6) is -2.32. The van der Waals surface area contributed by atoms with Crippen molar-refractivity contribution >= 4 is 18.2 Å². The highest BCUT2D eigenvalue weighted by Gasteiger charge is 2.14. The lowest BCUT2D eigenvalue weighted by Gasteiger charge is -1.93. The van der Waals surface area contributed by atoms with Crippen molar-refractivity contribution < 1.29 is 14.4 Å². The topological polar surface area (TPSA) is 76.3 Å². The van der Waals surface area contributed by atoms with E-state index in [9.17, 15) is 14.5 Å². The van der Waals surface area contributed by atoms with Gasteiger partial charge in [0.2, 0.25) is 5.75 Å². The Morgan fingerprint density at radius 1 is 1.67 bits per heavy atom. The molecule has 1 aromatic heterocycles. The molecule has 0 atom stereocenters. The number of pyridine rings is 1. The Hall–Kier alpha value is -1.43. The summed E-state index contributed by atoms with van der Waals surface area (Å²) in [5, 5.41) is 18.7. The van der Waals surface area contributed by atoms with Gasteiger partial charge in [0.05, 0.1) is 0 Å². The highest BCUT2D eigenvalue weighted by molar-refractivity contribution is 5.85. The van der Waals surface area contributed by atoms with E-state index < -0.39 is 22.3 Å². The van der Waals surface area contributed by atoms with Crippen LogP contribution in [0.2, 0.25) is 0 Å². The van der Waals surface area contributed by atoms with Crippen molar-refractivity contribution in [2.75, 3.05) is 0 Å². The molecule has 1 heterocycles. The molecule has 0 saturated carbocycles. The molecule has 1 N–H and O–H groups in total. The van der Waals surface area contributed by atoms with Crippen LogP contribution in [0.15, 0.2) is 12.3 Å². The molecule has 0 aromatic carbocycles. The Bertz CT molecular complexity index is 307. The van der Waals surface area contributed by atoms with Crippen LogP contribution in [-0.4, -0.2) is 15.0 Å². The van der Waals surface area contributed by atoms with Crippen molar-refractivity contribution in [2.24, 2.45) is 0 Å². The molecule has 0 fully saturated rings. The van der Waals surface area contributed by atoms with Crippen LogP contribution >= 0.6 is 12.4 Å². The van der Waals surface area contributed by atoms with Crippen LogP contribution in [0.3, 0.4) is 0 Å². The van der Waals surface area contributed by atoms with Crippen molar-refractivity contribution in [3.63, 3.8) is 0 Å². The highest BCUT2D eigenvalue weighted by atomic mass is 35.5. The first-order valence-corrected chi connectivity index (χ1v) is 2.60. The second-order valence-electron chi connectivity index (χ2n) is 1.75. The number of aromatic nitrogens is 1. The summed E-state index contributed by atoms with van der Waals surface area (Å²) in [6, 6.07) is 0.630. The molecule has 0 aliphatic heterocycles. The van der Waals surface area contributed by atoms with Crippen LogP contribution in [0.25, 0.3) is 0 Å². The van der Waals surface area contributed by atoms with Gasteiger partial charge in [-0.2, -0.15) is 0 Å². The summed E-state index contributed by atoms with van der Waals surface area (Å²) in [5.41, 5.74) is 0. The number of nitro groups is 1. The quantitative estimate of drug-likeness (QED) is 0.539. The van der Waals surface area contributed by atoms with E-state index >= 15 is 0 Å². The number of rotatable bonds is 1. The zero-order chi connectivity index (χ0) is 8.43. The zero-order valence-corrected chi connectivity index (χ0v) is 6.42. The van der Waals surface area contributed by atoms with Gasteiger partial charge in [-0.1, -0.05) is 0 Å². The fourth-order valence-electron chi connectivity index (χ4n) is 0.562. The van der Waals surface area contributed by atoms with Crippen LogP contribution in [0, 0.1) is 15.9 Å². The number of nitrogens with zero attached hydrogens (tertiary/aromatic N) is 2. The average Bonchev–Trinajstić information content (AvgIpc) is 1.85. The first kappa shape index (κ1) is 10.6. The van der Waals surface area contributed by atoms with E-state index in [1.54, 1.807) is 0 Å². The first-order chi connectivity index (χ1) is 5.11. The Balaban J connectivity index is 0.00000121. The monoisotopic (exact) mass is 194 g/mol. The molecule has 12 heavy (non-hydrogen) atoms. The molecule has 66 valence electrons. The van der Waals surface area contributed by atoms with Gasteiger partial charge in [-0.3, -0.25) is 0 Å². The summed E-state index contributed by atoms with van der Waals surface area (Å²) < 4.78 is 12.2. The van der Waals surface area contributed by atoms with Crippen molar-refractivity contribution in [1.82, 2.24) is 4.98 Å². The van der Waals surface area contributed by atoms with Gasteiger partial charge >= 0.3 is 5.82 Å². The highest BCUT2D eigenvalue weighted by Crippen LogP contribution is 2.21. The van der Waals surface area contributed by atoms with Gasteiger partial charge in [-0.25, -0.2) is 4.39 Å². The standard InChI is InChI=1S/C5H3FN2O3.ClH/c6-3-1-4(9)5(7-2-3)8(10)11;/h1-2,9H;1H. The molecule has 0 unspecified atom stereocenters. The molecule has 1 rings (SSSR count). The molecule has 0 aliphatic carbocycles. The Morgan fingerprint density at radius 2 is 2.25 bits per heavy atom. The molecule has 0 bridgehead atoms. The van der Waals surface area contributed by atoms with E-state index in [2.05, 4.69) is 4.98 Å². The second-order valence-corrected chi connectivity index (χ2v) is 1.75. The molecule has 7 heteroatoms. The minimum Gasteiger partial charge on any atom is -0.501 e. The van der Waals surface area contributed by atoms with Gasteiger partial charge in [0.1, 0.15) is 0 Å². The van der Waals surface area contributed by atoms with Crippen molar-refractivity contribution in [1.29, 1.82) is 0 Å². The van der Waals surface area contributed by atoms with Crippen LogP contribution in [0.4, 0.5) is 10.2 Å². The van der Waals surface area contributed by atoms with E-state index in [4.69, 9.17) is 5.11 Å². The van der Waals surface area contributed by atoms with Gasteiger partial charge < -0.3 is 15.2 Å². The van der Waals surface area contributed by atoms with Gasteiger partial charge in [0, 0.05) is 6.07 Å². The molecule has 0 spiro atoms. The normalized spacial score (nSPS) is 8.75. The Morgan fingerprint density at radius 3 is 2.67 bits per heavy atom. The molecular formula is C5H4ClFN2O3. The third-order valence-corrected chi connectivity index (χ3v) is 0.987. The van der Waals surface area contributed by atoms with Crippen LogP contribution in [-0.2, 0) is 0 Å². The summed E-state index contributed by atoms with van der Waals surface area (Å²) in [6.45, 7) is 0. The molecule has 0 saturated heterocycles. The third-order valence-electron chi connectivity index (χ3n) is 0.987. The van der Waals surface area contributed by atoms with E-state index in [1.807, 2.05) is 0 Å². The first-order valence-electron chi connectivity index (χ1n) is 2.60. The van der Waals surface area contributed by atoms with Gasteiger partial charge in [-0.05, 0) is 9.91 Å². The van der Waals surface area contributed by atoms with Crippen molar-refractivity contribution in [3.05, 3.63) is 28.2 Å². The van der Waals surface area contributed by atoms with Crippen LogP contribution < -0.4 is 0 Å². The largest absolute Gasteiger partial charge is 0.501 e. The smallest absolute Gasteiger partial charge is 0.406 e. The number of hydrogen-bond acceptors (Lipinski definition) is 4. The number of aromatic hydroxyl groups is 1. The number of hydrogen-bond donors (Lipinski definition) is 1. The number of halogens is 2.